The van der Waals surface area contributed by atoms with Crippen LogP contribution in [0.3, 0.4) is 0 Å². The molecule has 278 valence electrons. The van der Waals surface area contributed by atoms with Crippen molar-refractivity contribution in [3.63, 3.8) is 0 Å². The number of aromatic nitrogens is 1. The van der Waals surface area contributed by atoms with Crippen molar-refractivity contribution in [1.82, 2.24) is 4.57 Å². The van der Waals surface area contributed by atoms with Crippen LogP contribution in [0, 0.1) is 0 Å². The molecule has 0 aliphatic rings. The molecule has 1 heterocycles. The van der Waals surface area contributed by atoms with E-state index < -0.39 is 23.2 Å². The number of hydrogen-bond acceptors (Lipinski definition) is 11. The van der Waals surface area contributed by atoms with Crippen LogP contribution in [-0.4, -0.2) is 64.9 Å². The number of hydrogen-bond donors (Lipinski definition) is 1. The molecule has 0 saturated carbocycles. The van der Waals surface area contributed by atoms with Crippen LogP contribution in [0.5, 0.6) is 34.5 Å². The maximum atomic E-state index is 14.7. The number of anilines is 1. The zero-order chi connectivity index (χ0) is 38.4. The molecule has 0 aliphatic carbocycles. The summed E-state index contributed by atoms with van der Waals surface area (Å²) in [5.74, 6) is 1.40. The first kappa shape index (κ1) is 37.9. The van der Waals surface area contributed by atoms with Gasteiger partial charge in [-0.05, 0) is 92.6 Å². The van der Waals surface area contributed by atoms with Gasteiger partial charge >= 0.3 is 12.1 Å². The highest BCUT2D eigenvalue weighted by Gasteiger charge is 2.28. The van der Waals surface area contributed by atoms with Crippen molar-refractivity contribution in [2.75, 3.05) is 48.0 Å². The Morgan fingerprint density at radius 3 is 1.92 bits per heavy atom. The van der Waals surface area contributed by atoms with Gasteiger partial charge in [-0.2, -0.15) is 0 Å². The van der Waals surface area contributed by atoms with Crippen molar-refractivity contribution < 1.29 is 47.5 Å². The molecule has 0 atom stereocenters. The number of carbonyl (C=O) groups excluding carboxylic acids is 2. The van der Waals surface area contributed by atoms with E-state index in [1.807, 2.05) is 24.3 Å². The number of carbonyl (C=O) groups is 2. The number of methoxy groups -OCH3 is 6. The second-order valence-electron chi connectivity index (χ2n) is 12.6. The van der Waals surface area contributed by atoms with Crippen molar-refractivity contribution in [1.29, 1.82) is 0 Å². The lowest BCUT2D eigenvalue weighted by Gasteiger charge is -2.22. The van der Waals surface area contributed by atoms with Gasteiger partial charge in [0.25, 0.3) is 5.56 Å². The minimum Gasteiger partial charge on any atom is -0.497 e. The molecule has 5 aromatic rings. The lowest BCUT2D eigenvalue weighted by atomic mass is 9.95. The number of amides is 1. The molecule has 53 heavy (non-hydrogen) atoms. The van der Waals surface area contributed by atoms with Crippen LogP contribution in [-0.2, 0) is 16.1 Å². The Balaban J connectivity index is 1.80. The van der Waals surface area contributed by atoms with E-state index in [-0.39, 0.29) is 23.4 Å². The van der Waals surface area contributed by atoms with Gasteiger partial charge in [0.15, 0.2) is 23.0 Å². The lowest BCUT2D eigenvalue weighted by Crippen LogP contribution is -2.27. The number of ether oxygens (including phenoxy) is 8. The predicted octanol–water partition coefficient (Wildman–Crippen LogP) is 7.41. The third kappa shape index (κ3) is 8.09. The zero-order valence-electron chi connectivity index (χ0n) is 31.1. The van der Waals surface area contributed by atoms with Gasteiger partial charge in [-0.3, -0.25) is 14.7 Å². The van der Waals surface area contributed by atoms with Gasteiger partial charge in [0.05, 0.1) is 48.0 Å². The minimum atomic E-state index is -0.805. The van der Waals surface area contributed by atoms with Crippen LogP contribution in [0.1, 0.15) is 36.8 Å². The Morgan fingerprint density at radius 1 is 0.717 bits per heavy atom. The van der Waals surface area contributed by atoms with Gasteiger partial charge in [-0.1, -0.05) is 12.1 Å². The second kappa shape index (κ2) is 15.9. The largest absolute Gasteiger partial charge is 0.497 e. The summed E-state index contributed by atoms with van der Waals surface area (Å²) in [7, 11) is 8.72. The van der Waals surface area contributed by atoms with Gasteiger partial charge in [-0.15, -0.1) is 0 Å². The maximum absolute atomic E-state index is 14.7. The van der Waals surface area contributed by atoms with E-state index in [1.54, 1.807) is 76.4 Å². The highest BCUT2D eigenvalue weighted by molar-refractivity contribution is 6.08. The number of pyridine rings is 1. The van der Waals surface area contributed by atoms with Crippen LogP contribution >= 0.6 is 0 Å². The molecule has 0 unspecified atom stereocenters. The molecule has 0 aliphatic heterocycles. The molecule has 13 nitrogen and oxygen atoms in total. The quantitative estimate of drug-likeness (QED) is 0.128. The summed E-state index contributed by atoms with van der Waals surface area (Å²) in [6.45, 7) is 5.41. The molecule has 13 heteroatoms. The van der Waals surface area contributed by atoms with Crippen molar-refractivity contribution in [2.24, 2.45) is 0 Å². The van der Waals surface area contributed by atoms with Gasteiger partial charge in [0.2, 0.25) is 5.75 Å². The van der Waals surface area contributed by atoms with E-state index in [1.165, 1.54) is 40.1 Å². The van der Waals surface area contributed by atoms with Crippen molar-refractivity contribution >= 4 is 28.5 Å². The maximum Gasteiger partial charge on any atom is 0.412 e. The highest BCUT2D eigenvalue weighted by atomic mass is 16.6. The summed E-state index contributed by atoms with van der Waals surface area (Å²) in [6.07, 6.45) is -0.650. The number of esters is 1. The summed E-state index contributed by atoms with van der Waals surface area (Å²) in [5, 5.41) is 3.23. The summed E-state index contributed by atoms with van der Waals surface area (Å²) in [6, 6.07) is 20.3. The van der Waals surface area contributed by atoms with Crippen LogP contribution in [0.2, 0.25) is 0 Å². The fourth-order valence-corrected chi connectivity index (χ4v) is 5.77. The van der Waals surface area contributed by atoms with Gasteiger partial charge in [0.1, 0.15) is 23.7 Å². The summed E-state index contributed by atoms with van der Waals surface area (Å²) in [4.78, 5) is 41.1. The Kier molecular flexibility index (Phi) is 11.4. The number of rotatable bonds is 12. The van der Waals surface area contributed by atoms with Gasteiger partial charge < -0.3 is 37.9 Å². The molecule has 0 radical (unpaired) electrons. The molecule has 5 rings (SSSR count). The molecular formula is C40H42N2O11. The molecule has 0 saturated heterocycles. The Labute approximate surface area is 306 Å². The third-order valence-corrected chi connectivity index (χ3v) is 8.10. The Bertz CT molecular complexity index is 2180. The molecule has 4 aromatic carbocycles. The standard InChI is InChI=1S/C40H42N2O11/c1-40(2,3)53-39(45)41-25-13-15-26(16-14-25)42-35(38(44)51-9)34(24-18-32(48-6)36(50-8)33(19-24)49-7)28-20-30(47-5)31(21-29(28)37(42)43)52-22-23-11-10-12-27(17-23)46-4/h10-21H,22H2,1-9H3,(H,41,45). The van der Waals surface area contributed by atoms with E-state index in [9.17, 15) is 14.4 Å². The average molecular weight is 727 g/mol. The van der Waals surface area contributed by atoms with E-state index in [4.69, 9.17) is 37.9 Å². The molecule has 1 aromatic heterocycles. The summed E-state index contributed by atoms with van der Waals surface area (Å²) in [5.41, 5.74) is 0.906. The SMILES string of the molecule is COC(=O)c1c(-c2cc(OC)c(OC)c(OC)c2)c2cc(OC)c(OCc3cccc(OC)c3)cc2c(=O)n1-c1ccc(NC(=O)OC(C)(C)C)cc1. The average Bonchev–Trinajstić information content (AvgIpc) is 3.15. The molecule has 0 spiro atoms. The number of nitrogens with one attached hydrogen (secondary N) is 1. The molecule has 1 N–H and O–H groups in total. The first-order valence-corrected chi connectivity index (χ1v) is 16.4. The smallest absolute Gasteiger partial charge is 0.412 e. The first-order chi connectivity index (χ1) is 25.4. The Morgan fingerprint density at radius 2 is 1.36 bits per heavy atom. The normalized spacial score (nSPS) is 11.0. The topological polar surface area (TPSA) is 142 Å². The number of nitrogens with zero attached hydrogens (tertiary/aromatic N) is 1. The van der Waals surface area contributed by atoms with Gasteiger partial charge in [-0.25, -0.2) is 9.59 Å². The van der Waals surface area contributed by atoms with E-state index in [0.717, 1.165) is 5.56 Å². The summed E-state index contributed by atoms with van der Waals surface area (Å²) < 4.78 is 46.2. The fourth-order valence-electron chi connectivity index (χ4n) is 5.77. The second-order valence-corrected chi connectivity index (χ2v) is 12.6. The molecule has 0 fully saturated rings. The molecule has 0 bridgehead atoms. The van der Waals surface area contributed by atoms with Crippen molar-refractivity contribution in [3.8, 4) is 51.3 Å². The predicted molar refractivity (Wildman–Crippen MR) is 200 cm³/mol. The number of fused-ring (bicyclic) bond motifs is 1. The van der Waals surface area contributed by atoms with Crippen molar-refractivity contribution in [2.45, 2.75) is 33.0 Å². The molecular weight excluding hydrogens is 684 g/mol. The van der Waals surface area contributed by atoms with Crippen LogP contribution in [0.25, 0.3) is 27.6 Å². The third-order valence-electron chi connectivity index (χ3n) is 8.10. The van der Waals surface area contributed by atoms with Crippen LogP contribution < -0.4 is 39.3 Å². The van der Waals surface area contributed by atoms with Crippen LogP contribution in [0.15, 0.2) is 77.6 Å². The van der Waals surface area contributed by atoms with Crippen LogP contribution in [0.4, 0.5) is 10.5 Å². The monoisotopic (exact) mass is 726 g/mol. The first-order valence-electron chi connectivity index (χ1n) is 16.4. The zero-order valence-corrected chi connectivity index (χ0v) is 31.1. The van der Waals surface area contributed by atoms with E-state index in [0.29, 0.717) is 56.6 Å². The molecule has 1 amide bonds. The van der Waals surface area contributed by atoms with Crippen molar-refractivity contribution in [3.05, 3.63) is 94.4 Å². The minimum absolute atomic E-state index is 0.0979. The summed E-state index contributed by atoms with van der Waals surface area (Å²) >= 11 is 0. The lowest BCUT2D eigenvalue weighted by molar-refractivity contribution is 0.0589. The number of benzene rings is 4. The van der Waals surface area contributed by atoms with E-state index in [2.05, 4.69) is 5.32 Å². The van der Waals surface area contributed by atoms with Gasteiger partial charge in [0, 0.05) is 22.3 Å². The Hall–Kier alpha value is -6.37. The fraction of sp³-hybridized carbons (Fsp3) is 0.275. The van der Waals surface area contributed by atoms with E-state index >= 15 is 0 Å². The highest BCUT2D eigenvalue weighted by Crippen LogP contribution is 2.45.